The van der Waals surface area contributed by atoms with Crippen LogP contribution in [-0.4, -0.2) is 23.3 Å². The molecule has 0 spiro atoms. The molecule has 7 heteroatoms. The first-order valence-electron chi connectivity index (χ1n) is 9.48. The lowest BCUT2D eigenvalue weighted by molar-refractivity contribution is -0.122. The molecule has 0 bridgehead atoms. The second-order valence-corrected chi connectivity index (χ2v) is 7.99. The van der Waals surface area contributed by atoms with Crippen molar-refractivity contribution in [1.29, 1.82) is 0 Å². The van der Waals surface area contributed by atoms with Gasteiger partial charge in [-0.15, -0.1) is 11.3 Å². The molecule has 1 aliphatic carbocycles. The van der Waals surface area contributed by atoms with Crippen molar-refractivity contribution in [2.75, 3.05) is 11.9 Å². The van der Waals surface area contributed by atoms with E-state index in [1.807, 2.05) is 30.3 Å². The number of rotatable bonds is 6. The number of fused-ring (bicyclic) bond motifs is 1. The van der Waals surface area contributed by atoms with Crippen LogP contribution in [0.25, 0.3) is 0 Å². The topological polar surface area (TPSA) is 71.1 Å². The zero-order valence-corrected chi connectivity index (χ0v) is 16.5. The summed E-state index contributed by atoms with van der Waals surface area (Å²) in [6, 6.07) is 15.3. The molecule has 2 aromatic carbocycles. The number of benzene rings is 2. The summed E-state index contributed by atoms with van der Waals surface area (Å²) >= 11 is 1.39. The third kappa shape index (κ3) is 4.51. The molecule has 148 valence electrons. The van der Waals surface area contributed by atoms with Gasteiger partial charge in [-0.2, -0.15) is 0 Å². The van der Waals surface area contributed by atoms with E-state index in [4.69, 9.17) is 0 Å². The van der Waals surface area contributed by atoms with Gasteiger partial charge in [-0.1, -0.05) is 30.3 Å². The summed E-state index contributed by atoms with van der Waals surface area (Å²) in [6.07, 6.45) is 2.29. The molecule has 1 heterocycles. The van der Waals surface area contributed by atoms with E-state index >= 15 is 0 Å². The Kier molecular flexibility index (Phi) is 5.67. The summed E-state index contributed by atoms with van der Waals surface area (Å²) in [6.45, 7) is 0.576. The lowest BCUT2D eigenvalue weighted by Crippen LogP contribution is -2.30. The molecule has 5 nitrogen and oxygen atoms in total. The minimum atomic E-state index is -0.393. The van der Waals surface area contributed by atoms with Crippen molar-refractivity contribution in [3.05, 3.63) is 82.1 Å². The molecule has 3 aromatic rings. The zero-order chi connectivity index (χ0) is 20.2. The number of amides is 2. The van der Waals surface area contributed by atoms with Gasteiger partial charge >= 0.3 is 0 Å². The van der Waals surface area contributed by atoms with E-state index in [1.54, 1.807) is 0 Å². The van der Waals surface area contributed by atoms with E-state index < -0.39 is 5.82 Å². The number of nitrogens with zero attached hydrogens (tertiary/aromatic N) is 1. The third-order valence-electron chi connectivity index (χ3n) is 4.92. The van der Waals surface area contributed by atoms with Crippen LogP contribution in [0.5, 0.6) is 0 Å². The molecule has 2 amide bonds. The molecular weight excluding hydrogens is 389 g/mol. The van der Waals surface area contributed by atoms with Crippen LogP contribution in [0.4, 0.5) is 9.52 Å². The van der Waals surface area contributed by atoms with Gasteiger partial charge in [0.15, 0.2) is 5.13 Å². The number of carbonyl (C=O) groups is 2. The van der Waals surface area contributed by atoms with Crippen molar-refractivity contribution in [2.45, 2.75) is 25.2 Å². The maximum Gasteiger partial charge on any atom is 0.257 e. The van der Waals surface area contributed by atoms with E-state index in [-0.39, 0.29) is 17.7 Å². The number of aryl methyl sites for hydroxylation is 1. The first-order valence-corrected chi connectivity index (χ1v) is 10.3. The Hall–Kier alpha value is -3.06. The number of hydrogen-bond acceptors (Lipinski definition) is 4. The lowest BCUT2D eigenvalue weighted by Gasteiger charge is -2.11. The molecule has 1 atom stereocenters. The molecular formula is C22H20FN3O2S. The molecule has 0 saturated carbocycles. The fourth-order valence-electron chi connectivity index (χ4n) is 3.40. The van der Waals surface area contributed by atoms with Crippen LogP contribution in [0.1, 0.15) is 38.8 Å². The molecule has 1 aromatic heterocycles. The van der Waals surface area contributed by atoms with Crippen molar-refractivity contribution in [1.82, 2.24) is 10.3 Å². The average Bonchev–Trinajstić information content (AvgIpc) is 3.29. The highest BCUT2D eigenvalue weighted by atomic mass is 32.1. The Morgan fingerprint density at radius 3 is 2.62 bits per heavy atom. The van der Waals surface area contributed by atoms with Crippen LogP contribution >= 0.6 is 11.3 Å². The molecule has 4 rings (SSSR count). The molecule has 29 heavy (non-hydrogen) atoms. The first kappa shape index (κ1) is 19.3. The normalized spacial score (nSPS) is 15.0. The minimum Gasteiger partial charge on any atom is -0.355 e. The summed E-state index contributed by atoms with van der Waals surface area (Å²) in [5.74, 6) is -1.05. The van der Waals surface area contributed by atoms with Gasteiger partial charge in [-0.3, -0.25) is 14.9 Å². The second kappa shape index (κ2) is 8.53. The summed E-state index contributed by atoms with van der Waals surface area (Å²) < 4.78 is 13.0. The number of nitrogens with one attached hydrogen (secondary N) is 2. The van der Waals surface area contributed by atoms with Gasteiger partial charge in [0, 0.05) is 17.0 Å². The molecule has 0 radical (unpaired) electrons. The molecule has 0 fully saturated rings. The van der Waals surface area contributed by atoms with Gasteiger partial charge in [0.1, 0.15) is 5.82 Å². The van der Waals surface area contributed by atoms with Crippen molar-refractivity contribution in [2.24, 2.45) is 0 Å². The molecule has 0 saturated heterocycles. The predicted octanol–water partition coefficient (Wildman–Crippen LogP) is 3.92. The maximum atomic E-state index is 13.0. The Balaban J connectivity index is 1.36. The fraction of sp³-hybridized carbons (Fsp3) is 0.227. The predicted molar refractivity (Wildman–Crippen MR) is 111 cm³/mol. The van der Waals surface area contributed by atoms with Gasteiger partial charge in [0.25, 0.3) is 5.91 Å². The largest absolute Gasteiger partial charge is 0.355 e. The summed E-state index contributed by atoms with van der Waals surface area (Å²) in [5.41, 5.74) is 2.29. The Morgan fingerprint density at radius 1 is 1.10 bits per heavy atom. The quantitative estimate of drug-likeness (QED) is 0.648. The van der Waals surface area contributed by atoms with Crippen molar-refractivity contribution >= 4 is 28.3 Å². The monoisotopic (exact) mass is 409 g/mol. The van der Waals surface area contributed by atoms with Crippen molar-refractivity contribution in [3.8, 4) is 0 Å². The van der Waals surface area contributed by atoms with Crippen molar-refractivity contribution < 1.29 is 14.0 Å². The minimum absolute atomic E-state index is 0.0265. The van der Waals surface area contributed by atoms with Crippen LogP contribution in [0, 0.1) is 5.82 Å². The van der Waals surface area contributed by atoms with Crippen LogP contribution in [0.2, 0.25) is 0 Å². The molecule has 0 aliphatic heterocycles. The van der Waals surface area contributed by atoms with E-state index in [2.05, 4.69) is 15.6 Å². The Labute approximate surface area is 172 Å². The zero-order valence-electron chi connectivity index (χ0n) is 15.7. The van der Waals surface area contributed by atoms with Crippen LogP contribution < -0.4 is 10.6 Å². The third-order valence-corrected chi connectivity index (χ3v) is 5.96. The highest BCUT2D eigenvalue weighted by Gasteiger charge is 2.32. The smallest absolute Gasteiger partial charge is 0.257 e. The van der Waals surface area contributed by atoms with Gasteiger partial charge in [-0.25, -0.2) is 9.37 Å². The number of anilines is 1. The number of aromatic nitrogens is 1. The number of thiazole rings is 1. The van der Waals surface area contributed by atoms with E-state index in [0.29, 0.717) is 17.2 Å². The molecule has 2 N–H and O–H groups in total. The van der Waals surface area contributed by atoms with Gasteiger partial charge in [0.2, 0.25) is 5.91 Å². The number of hydrogen-bond donors (Lipinski definition) is 2. The van der Waals surface area contributed by atoms with E-state index in [9.17, 15) is 14.0 Å². The number of carbonyl (C=O) groups excluding carboxylic acids is 2. The highest BCUT2D eigenvalue weighted by Crippen LogP contribution is 2.38. The summed E-state index contributed by atoms with van der Waals surface area (Å²) in [4.78, 5) is 30.4. The fourth-order valence-corrected chi connectivity index (χ4v) is 4.44. The Bertz CT molecular complexity index is 1020. The Morgan fingerprint density at radius 2 is 1.86 bits per heavy atom. The van der Waals surface area contributed by atoms with Crippen molar-refractivity contribution in [3.63, 3.8) is 0 Å². The maximum absolute atomic E-state index is 13.0. The molecule has 0 unspecified atom stereocenters. The molecule has 1 aliphatic rings. The summed E-state index contributed by atoms with van der Waals surface area (Å²) in [5, 5.41) is 6.21. The number of halogens is 1. The van der Waals surface area contributed by atoms with Gasteiger partial charge < -0.3 is 5.32 Å². The van der Waals surface area contributed by atoms with E-state index in [0.717, 1.165) is 29.8 Å². The van der Waals surface area contributed by atoms with E-state index in [1.165, 1.54) is 41.2 Å². The second-order valence-electron chi connectivity index (χ2n) is 6.91. The van der Waals surface area contributed by atoms with Gasteiger partial charge in [0.05, 0.1) is 11.6 Å². The van der Waals surface area contributed by atoms with Crippen LogP contribution in [0.15, 0.2) is 54.6 Å². The average molecular weight is 409 g/mol. The highest BCUT2D eigenvalue weighted by molar-refractivity contribution is 7.16. The van der Waals surface area contributed by atoms with Crippen LogP contribution in [-0.2, 0) is 17.6 Å². The SMILES string of the molecule is O=C(Nc1nc2c(s1)CC[C@H]2C(=O)NCCc1ccccc1)c1ccc(F)cc1. The van der Waals surface area contributed by atoms with Crippen LogP contribution in [0.3, 0.4) is 0 Å². The van der Waals surface area contributed by atoms with Gasteiger partial charge in [-0.05, 0) is 49.1 Å². The summed E-state index contributed by atoms with van der Waals surface area (Å²) in [7, 11) is 0. The first-order chi connectivity index (χ1) is 14.1. The standard InChI is InChI=1S/C22H20FN3O2S/c23-16-8-6-15(7-9-16)20(27)26-22-25-19-17(10-11-18(19)29-22)21(28)24-13-12-14-4-2-1-3-5-14/h1-9,17H,10-13H2,(H,24,28)(H,25,26,27)/t17-/m1/s1. The lowest BCUT2D eigenvalue weighted by atomic mass is 10.1.